The Hall–Kier alpha value is -1.53. The molecule has 0 atom stereocenters. The number of anilines is 1. The minimum atomic E-state index is -0.480. The topological polar surface area (TPSA) is 54.5 Å². The second kappa shape index (κ2) is 7.00. The van der Waals surface area contributed by atoms with Crippen molar-refractivity contribution < 1.29 is 9.53 Å². The van der Waals surface area contributed by atoms with Crippen molar-refractivity contribution in [3.63, 3.8) is 0 Å². The number of ether oxygens (including phenoxy) is 1. The van der Waals surface area contributed by atoms with Crippen molar-refractivity contribution in [2.75, 3.05) is 24.5 Å². The van der Waals surface area contributed by atoms with E-state index in [9.17, 15) is 4.79 Å². The molecule has 2 aromatic rings. The minimum absolute atomic E-state index is 0.373. The van der Waals surface area contributed by atoms with E-state index in [-0.39, 0.29) is 6.09 Å². The Kier molecular flexibility index (Phi) is 5.11. The standard InChI is InChI=1S/C18H21BrClN3O2/c1-18(2,3)25-17(24)22-7-11-9-23(10-11)16-13-6-12(19)4-5-15(13)21-8-14(16)20/h4-6,8,11H,7,9-10H2,1-3H3,(H,22,24). The van der Waals surface area contributed by atoms with Crippen LogP contribution in [-0.2, 0) is 4.74 Å². The summed E-state index contributed by atoms with van der Waals surface area (Å²) >= 11 is 9.91. The summed E-state index contributed by atoms with van der Waals surface area (Å²) in [6, 6.07) is 5.98. The summed E-state index contributed by atoms with van der Waals surface area (Å²) < 4.78 is 6.25. The van der Waals surface area contributed by atoms with Crippen molar-refractivity contribution in [1.29, 1.82) is 0 Å². The van der Waals surface area contributed by atoms with Gasteiger partial charge in [-0.15, -0.1) is 0 Å². The van der Waals surface area contributed by atoms with Gasteiger partial charge in [0.25, 0.3) is 0 Å². The van der Waals surface area contributed by atoms with Crippen molar-refractivity contribution in [1.82, 2.24) is 10.3 Å². The molecular weight excluding hydrogens is 406 g/mol. The van der Waals surface area contributed by atoms with Gasteiger partial charge in [0.05, 0.1) is 16.2 Å². The molecule has 134 valence electrons. The molecule has 1 amide bonds. The third kappa shape index (κ3) is 4.36. The number of halogens is 2. The van der Waals surface area contributed by atoms with Crippen LogP contribution in [0.15, 0.2) is 28.9 Å². The lowest BCUT2D eigenvalue weighted by Gasteiger charge is -2.42. The number of aromatic nitrogens is 1. The maximum absolute atomic E-state index is 11.7. The normalized spacial score (nSPS) is 15.2. The average molecular weight is 427 g/mol. The first-order valence-electron chi connectivity index (χ1n) is 8.18. The van der Waals surface area contributed by atoms with Gasteiger partial charge in [0.1, 0.15) is 5.60 Å². The summed E-state index contributed by atoms with van der Waals surface area (Å²) in [5.41, 5.74) is 1.44. The number of rotatable bonds is 3. The Balaban J connectivity index is 1.63. The first kappa shape index (κ1) is 18.3. The molecule has 0 bridgehead atoms. The van der Waals surface area contributed by atoms with E-state index in [0.717, 1.165) is 34.2 Å². The van der Waals surface area contributed by atoms with Gasteiger partial charge in [0, 0.05) is 41.6 Å². The number of fused-ring (bicyclic) bond motifs is 1. The Morgan fingerprint density at radius 3 is 2.84 bits per heavy atom. The van der Waals surface area contributed by atoms with Gasteiger partial charge in [-0.25, -0.2) is 4.79 Å². The molecule has 2 heterocycles. The molecule has 1 aliphatic rings. The number of nitrogens with zero attached hydrogens (tertiary/aromatic N) is 2. The highest BCUT2D eigenvalue weighted by Crippen LogP contribution is 2.37. The Morgan fingerprint density at radius 2 is 2.16 bits per heavy atom. The van der Waals surface area contributed by atoms with Crippen molar-refractivity contribution >= 4 is 50.2 Å². The molecule has 1 aliphatic heterocycles. The Morgan fingerprint density at radius 1 is 1.44 bits per heavy atom. The van der Waals surface area contributed by atoms with Crippen LogP contribution in [0, 0.1) is 5.92 Å². The molecule has 1 saturated heterocycles. The zero-order valence-electron chi connectivity index (χ0n) is 14.5. The largest absolute Gasteiger partial charge is 0.444 e. The lowest BCUT2D eigenvalue weighted by atomic mass is 9.98. The highest BCUT2D eigenvalue weighted by molar-refractivity contribution is 9.10. The molecule has 7 heteroatoms. The number of nitrogens with one attached hydrogen (secondary N) is 1. The molecule has 1 aromatic heterocycles. The second-order valence-electron chi connectivity index (χ2n) is 7.27. The lowest BCUT2D eigenvalue weighted by Crippen LogP contribution is -2.52. The SMILES string of the molecule is CC(C)(C)OC(=O)NCC1CN(c2c(Cl)cnc3ccc(Br)cc23)C1. The maximum Gasteiger partial charge on any atom is 0.407 e. The molecule has 0 aliphatic carbocycles. The van der Waals surface area contributed by atoms with Crippen LogP contribution in [0.1, 0.15) is 20.8 Å². The third-order valence-electron chi connectivity index (χ3n) is 3.96. The van der Waals surface area contributed by atoms with Gasteiger partial charge in [-0.2, -0.15) is 0 Å². The molecule has 25 heavy (non-hydrogen) atoms. The number of alkyl carbamates (subject to hydrolysis) is 1. The summed E-state index contributed by atoms with van der Waals surface area (Å²) in [7, 11) is 0. The van der Waals surface area contributed by atoms with Gasteiger partial charge in [-0.1, -0.05) is 27.5 Å². The quantitative estimate of drug-likeness (QED) is 0.778. The summed E-state index contributed by atoms with van der Waals surface area (Å²) in [6.45, 7) is 7.82. The molecule has 1 N–H and O–H groups in total. The number of hydrogen-bond donors (Lipinski definition) is 1. The fourth-order valence-electron chi connectivity index (χ4n) is 2.87. The van der Waals surface area contributed by atoms with E-state index in [2.05, 4.69) is 31.1 Å². The van der Waals surface area contributed by atoms with Crippen LogP contribution in [0.2, 0.25) is 5.02 Å². The molecule has 0 radical (unpaired) electrons. The van der Waals surface area contributed by atoms with Gasteiger partial charge < -0.3 is 15.0 Å². The maximum atomic E-state index is 11.7. The molecule has 0 unspecified atom stereocenters. The predicted molar refractivity (Wildman–Crippen MR) is 104 cm³/mol. The lowest BCUT2D eigenvalue weighted by molar-refractivity contribution is 0.0516. The first-order chi connectivity index (χ1) is 11.7. The van der Waals surface area contributed by atoms with Gasteiger partial charge >= 0.3 is 6.09 Å². The summed E-state index contributed by atoms with van der Waals surface area (Å²) in [5, 5.41) is 4.50. The fourth-order valence-corrected chi connectivity index (χ4v) is 3.50. The van der Waals surface area contributed by atoms with Crippen LogP contribution in [0.4, 0.5) is 10.5 Å². The number of carbonyl (C=O) groups excluding carboxylic acids is 1. The molecule has 1 fully saturated rings. The Labute approximate surface area is 160 Å². The van der Waals surface area contributed by atoms with E-state index in [1.165, 1.54) is 0 Å². The number of benzene rings is 1. The number of amides is 1. The van der Waals surface area contributed by atoms with Gasteiger partial charge in [0.2, 0.25) is 0 Å². The molecule has 1 aromatic carbocycles. The van der Waals surface area contributed by atoms with Gasteiger partial charge in [-0.3, -0.25) is 4.98 Å². The Bertz CT molecular complexity index is 795. The van der Waals surface area contributed by atoms with Crippen LogP contribution in [0.5, 0.6) is 0 Å². The number of carbonyl (C=O) groups is 1. The highest BCUT2D eigenvalue weighted by Gasteiger charge is 2.30. The van der Waals surface area contributed by atoms with Gasteiger partial charge in [0.15, 0.2) is 0 Å². The first-order valence-corrected chi connectivity index (χ1v) is 9.35. The van der Waals surface area contributed by atoms with E-state index in [0.29, 0.717) is 17.5 Å². The van der Waals surface area contributed by atoms with E-state index >= 15 is 0 Å². The molecule has 3 rings (SSSR count). The summed E-state index contributed by atoms with van der Waals surface area (Å²) in [6.07, 6.45) is 1.32. The van der Waals surface area contributed by atoms with Crippen LogP contribution in [0.25, 0.3) is 10.9 Å². The molecular formula is C18H21BrClN3O2. The van der Waals surface area contributed by atoms with Crippen LogP contribution in [0.3, 0.4) is 0 Å². The van der Waals surface area contributed by atoms with E-state index in [1.807, 2.05) is 39.0 Å². The van der Waals surface area contributed by atoms with E-state index < -0.39 is 5.60 Å². The van der Waals surface area contributed by atoms with Crippen LogP contribution >= 0.6 is 27.5 Å². The molecule has 0 spiro atoms. The zero-order chi connectivity index (χ0) is 18.2. The van der Waals surface area contributed by atoms with Crippen molar-refractivity contribution in [3.8, 4) is 0 Å². The van der Waals surface area contributed by atoms with Crippen molar-refractivity contribution in [3.05, 3.63) is 33.9 Å². The smallest absolute Gasteiger partial charge is 0.407 e. The van der Waals surface area contributed by atoms with E-state index in [1.54, 1.807) is 6.20 Å². The second-order valence-corrected chi connectivity index (χ2v) is 8.59. The van der Waals surface area contributed by atoms with E-state index in [4.69, 9.17) is 16.3 Å². The van der Waals surface area contributed by atoms with Crippen LogP contribution in [-0.4, -0.2) is 36.3 Å². The average Bonchev–Trinajstić information content (AvgIpc) is 2.45. The number of hydrogen-bond acceptors (Lipinski definition) is 4. The highest BCUT2D eigenvalue weighted by atomic mass is 79.9. The van der Waals surface area contributed by atoms with Gasteiger partial charge in [-0.05, 0) is 39.0 Å². The number of pyridine rings is 1. The van der Waals surface area contributed by atoms with Crippen LogP contribution < -0.4 is 10.2 Å². The fraction of sp³-hybridized carbons (Fsp3) is 0.444. The summed E-state index contributed by atoms with van der Waals surface area (Å²) in [5.74, 6) is 0.374. The molecule has 5 nitrogen and oxygen atoms in total. The monoisotopic (exact) mass is 425 g/mol. The van der Waals surface area contributed by atoms with Crippen molar-refractivity contribution in [2.45, 2.75) is 26.4 Å². The predicted octanol–water partition coefficient (Wildman–Crippen LogP) is 4.61. The van der Waals surface area contributed by atoms with Crippen molar-refractivity contribution in [2.24, 2.45) is 5.92 Å². The summed E-state index contributed by atoms with van der Waals surface area (Å²) in [4.78, 5) is 18.3. The minimum Gasteiger partial charge on any atom is -0.444 e. The molecule has 0 saturated carbocycles. The third-order valence-corrected chi connectivity index (χ3v) is 4.73. The zero-order valence-corrected chi connectivity index (χ0v) is 16.8.